The quantitative estimate of drug-likeness (QED) is 0.592. The minimum atomic E-state index is -0.731. The van der Waals surface area contributed by atoms with Crippen molar-refractivity contribution in [3.63, 3.8) is 0 Å². The smallest absolute Gasteiger partial charge is 0.233 e. The summed E-state index contributed by atoms with van der Waals surface area (Å²) in [6.07, 6.45) is 3.23. The van der Waals surface area contributed by atoms with Crippen molar-refractivity contribution in [3.05, 3.63) is 0 Å². The van der Waals surface area contributed by atoms with Crippen molar-refractivity contribution < 1.29 is 9.90 Å². The third-order valence-electron chi connectivity index (χ3n) is 2.92. The normalized spacial score (nSPS) is 19.1. The van der Waals surface area contributed by atoms with Crippen molar-refractivity contribution in [1.29, 1.82) is 0 Å². The number of amides is 1. The van der Waals surface area contributed by atoms with Gasteiger partial charge in [0.1, 0.15) is 0 Å². The Balaban J connectivity index is 2.06. The maximum atomic E-state index is 11.4. The van der Waals surface area contributed by atoms with E-state index in [4.69, 9.17) is 0 Å². The van der Waals surface area contributed by atoms with Crippen LogP contribution < -0.4 is 10.6 Å². The second kappa shape index (κ2) is 6.36. The summed E-state index contributed by atoms with van der Waals surface area (Å²) in [6.45, 7) is 7.53. The van der Waals surface area contributed by atoms with Crippen LogP contribution in [0, 0.1) is 11.8 Å². The molecule has 1 saturated carbocycles. The van der Waals surface area contributed by atoms with Gasteiger partial charge in [-0.2, -0.15) is 0 Å². The number of aliphatic hydroxyl groups is 1. The van der Waals surface area contributed by atoms with Crippen LogP contribution in [0.15, 0.2) is 0 Å². The van der Waals surface area contributed by atoms with Gasteiger partial charge in [0.15, 0.2) is 0 Å². The van der Waals surface area contributed by atoms with Crippen molar-refractivity contribution in [2.24, 2.45) is 11.8 Å². The lowest BCUT2D eigenvalue weighted by atomic mass is 9.94. The van der Waals surface area contributed by atoms with Crippen LogP contribution in [0.5, 0.6) is 0 Å². The average molecular weight is 242 g/mol. The number of nitrogens with one attached hydrogen (secondary N) is 2. The minimum Gasteiger partial charge on any atom is -0.389 e. The molecule has 3 N–H and O–H groups in total. The Morgan fingerprint density at radius 3 is 2.65 bits per heavy atom. The van der Waals surface area contributed by atoms with Gasteiger partial charge < -0.3 is 15.7 Å². The molecule has 0 aromatic heterocycles. The van der Waals surface area contributed by atoms with Gasteiger partial charge in [0.2, 0.25) is 5.91 Å². The predicted molar refractivity (Wildman–Crippen MR) is 68.7 cm³/mol. The van der Waals surface area contributed by atoms with Gasteiger partial charge in [0, 0.05) is 13.1 Å². The Morgan fingerprint density at radius 1 is 1.47 bits per heavy atom. The Hall–Kier alpha value is -0.610. The highest BCUT2D eigenvalue weighted by Crippen LogP contribution is 2.27. The first-order valence-electron chi connectivity index (χ1n) is 6.59. The van der Waals surface area contributed by atoms with Crippen molar-refractivity contribution >= 4 is 5.91 Å². The molecule has 1 fully saturated rings. The lowest BCUT2D eigenvalue weighted by Crippen LogP contribution is -2.43. The van der Waals surface area contributed by atoms with Crippen LogP contribution in [0.3, 0.4) is 0 Å². The molecule has 1 aliphatic rings. The topological polar surface area (TPSA) is 61.4 Å². The van der Waals surface area contributed by atoms with Crippen molar-refractivity contribution in [2.45, 2.75) is 45.6 Å². The molecule has 1 aliphatic carbocycles. The second-order valence-electron chi connectivity index (χ2n) is 5.95. The van der Waals surface area contributed by atoms with Gasteiger partial charge >= 0.3 is 0 Å². The first-order chi connectivity index (χ1) is 7.89. The Bertz CT molecular complexity index is 248. The highest BCUT2D eigenvalue weighted by molar-refractivity contribution is 5.77. The van der Waals surface area contributed by atoms with E-state index < -0.39 is 5.60 Å². The Labute approximate surface area is 104 Å². The molecular formula is C13H26N2O2. The van der Waals surface area contributed by atoms with E-state index in [0.717, 1.165) is 13.0 Å². The molecule has 100 valence electrons. The third kappa shape index (κ3) is 7.34. The molecule has 1 amide bonds. The van der Waals surface area contributed by atoms with Gasteiger partial charge in [0.05, 0.1) is 12.1 Å². The van der Waals surface area contributed by atoms with Crippen LogP contribution in [-0.2, 0) is 4.79 Å². The summed E-state index contributed by atoms with van der Waals surface area (Å²) in [4.78, 5) is 11.4. The van der Waals surface area contributed by atoms with E-state index in [1.54, 1.807) is 0 Å². The van der Waals surface area contributed by atoms with Gasteiger partial charge in [0.25, 0.3) is 0 Å². The van der Waals surface area contributed by atoms with Crippen molar-refractivity contribution in [2.75, 3.05) is 19.6 Å². The summed E-state index contributed by atoms with van der Waals surface area (Å²) in [5, 5.41) is 15.9. The maximum absolute atomic E-state index is 11.4. The monoisotopic (exact) mass is 242 g/mol. The zero-order valence-electron chi connectivity index (χ0n) is 11.3. The molecule has 0 aromatic rings. The van der Waals surface area contributed by atoms with Crippen LogP contribution in [0.2, 0.25) is 0 Å². The fourth-order valence-electron chi connectivity index (χ4n) is 2.04. The van der Waals surface area contributed by atoms with E-state index in [2.05, 4.69) is 24.5 Å². The zero-order chi connectivity index (χ0) is 12.9. The van der Waals surface area contributed by atoms with E-state index >= 15 is 0 Å². The molecule has 4 nitrogen and oxygen atoms in total. The van der Waals surface area contributed by atoms with Gasteiger partial charge in [-0.3, -0.25) is 4.79 Å². The van der Waals surface area contributed by atoms with Crippen LogP contribution in [0.4, 0.5) is 0 Å². The maximum Gasteiger partial charge on any atom is 0.233 e. The molecule has 0 radical (unpaired) electrons. The van der Waals surface area contributed by atoms with Crippen molar-refractivity contribution in [1.82, 2.24) is 10.6 Å². The van der Waals surface area contributed by atoms with E-state index in [0.29, 0.717) is 24.9 Å². The van der Waals surface area contributed by atoms with Gasteiger partial charge in [-0.15, -0.1) is 0 Å². The summed E-state index contributed by atoms with van der Waals surface area (Å²) in [6, 6.07) is 0. The molecule has 1 unspecified atom stereocenters. The van der Waals surface area contributed by atoms with Crippen LogP contribution in [0.1, 0.15) is 40.0 Å². The highest BCUT2D eigenvalue weighted by atomic mass is 16.3. The minimum absolute atomic E-state index is 0.0252. The molecule has 17 heavy (non-hydrogen) atoms. The average Bonchev–Trinajstić information content (AvgIpc) is 2.95. The summed E-state index contributed by atoms with van der Waals surface area (Å²) < 4.78 is 0. The fourth-order valence-corrected chi connectivity index (χ4v) is 2.04. The molecular weight excluding hydrogens is 216 g/mol. The molecule has 4 heteroatoms. The molecule has 0 aromatic carbocycles. The van der Waals surface area contributed by atoms with Crippen LogP contribution in [-0.4, -0.2) is 36.2 Å². The van der Waals surface area contributed by atoms with Gasteiger partial charge in [-0.25, -0.2) is 0 Å². The molecule has 1 rings (SSSR count). The van der Waals surface area contributed by atoms with E-state index in [-0.39, 0.29) is 5.91 Å². The number of carbonyl (C=O) groups is 1. The van der Waals surface area contributed by atoms with Gasteiger partial charge in [-0.05, 0) is 38.0 Å². The highest BCUT2D eigenvalue weighted by Gasteiger charge is 2.23. The fraction of sp³-hybridized carbons (Fsp3) is 0.923. The summed E-state index contributed by atoms with van der Waals surface area (Å²) >= 11 is 0. The lowest BCUT2D eigenvalue weighted by Gasteiger charge is -2.25. The van der Waals surface area contributed by atoms with Crippen LogP contribution in [0.25, 0.3) is 0 Å². The molecule has 0 saturated heterocycles. The molecule has 0 bridgehead atoms. The number of carbonyl (C=O) groups excluding carboxylic acids is 1. The zero-order valence-corrected chi connectivity index (χ0v) is 11.3. The SMILES string of the molecule is CC(C)CC(C)(O)CNCC(=O)NCC1CC1. The van der Waals surface area contributed by atoms with Crippen LogP contribution >= 0.6 is 0 Å². The Kier molecular flexibility index (Phi) is 5.40. The standard InChI is InChI=1S/C13H26N2O2/c1-10(2)6-13(3,17)9-14-8-12(16)15-7-11-4-5-11/h10-11,14,17H,4-9H2,1-3H3,(H,15,16). The number of hydrogen-bond acceptors (Lipinski definition) is 3. The molecule has 0 heterocycles. The lowest BCUT2D eigenvalue weighted by molar-refractivity contribution is -0.120. The first-order valence-corrected chi connectivity index (χ1v) is 6.59. The predicted octanol–water partition coefficient (Wildman–Crippen LogP) is 0.899. The second-order valence-corrected chi connectivity index (χ2v) is 5.95. The van der Waals surface area contributed by atoms with E-state index in [1.807, 2.05) is 6.92 Å². The van der Waals surface area contributed by atoms with Gasteiger partial charge in [-0.1, -0.05) is 13.8 Å². The van der Waals surface area contributed by atoms with Crippen molar-refractivity contribution in [3.8, 4) is 0 Å². The number of rotatable bonds is 8. The van der Waals surface area contributed by atoms with E-state index in [9.17, 15) is 9.90 Å². The first kappa shape index (κ1) is 14.5. The number of hydrogen-bond donors (Lipinski definition) is 3. The largest absolute Gasteiger partial charge is 0.389 e. The third-order valence-corrected chi connectivity index (χ3v) is 2.92. The summed E-state index contributed by atoms with van der Waals surface area (Å²) in [5.74, 6) is 1.19. The molecule has 0 aliphatic heterocycles. The molecule has 0 spiro atoms. The summed E-state index contributed by atoms with van der Waals surface area (Å²) in [7, 11) is 0. The summed E-state index contributed by atoms with van der Waals surface area (Å²) in [5.41, 5.74) is -0.731. The molecule has 1 atom stereocenters. The Morgan fingerprint density at radius 2 is 2.12 bits per heavy atom. The van der Waals surface area contributed by atoms with E-state index in [1.165, 1.54) is 12.8 Å².